The fourth-order valence-corrected chi connectivity index (χ4v) is 4.46. The molecule has 1 aromatic heterocycles. The first-order chi connectivity index (χ1) is 13.6. The van der Waals surface area contributed by atoms with Gasteiger partial charge < -0.3 is 15.4 Å². The van der Waals surface area contributed by atoms with E-state index in [2.05, 4.69) is 70.8 Å². The molecule has 0 spiro atoms. The van der Waals surface area contributed by atoms with Gasteiger partial charge >= 0.3 is 0 Å². The lowest BCUT2D eigenvalue weighted by atomic mass is 10.1. The Hall–Kier alpha value is -1.16. The predicted octanol–water partition coefficient (Wildman–Crippen LogP) is 3.80. The Bertz CT molecular complexity index is 774. The van der Waals surface area contributed by atoms with Crippen molar-refractivity contribution in [1.29, 1.82) is 0 Å². The largest absolute Gasteiger partial charge is 0.379 e. The fraction of sp³-hybridized carbons (Fsp3) is 0.500. The van der Waals surface area contributed by atoms with Gasteiger partial charge in [-0.05, 0) is 37.1 Å². The summed E-state index contributed by atoms with van der Waals surface area (Å²) in [5.41, 5.74) is 2.69. The van der Waals surface area contributed by atoms with Gasteiger partial charge in [0.25, 0.3) is 0 Å². The number of ether oxygens (including phenoxy) is 1. The highest BCUT2D eigenvalue weighted by molar-refractivity contribution is 14.0. The van der Waals surface area contributed by atoms with Crippen molar-refractivity contribution in [2.45, 2.75) is 39.4 Å². The number of thiophene rings is 1. The van der Waals surface area contributed by atoms with Gasteiger partial charge in [0.2, 0.25) is 0 Å². The second-order valence-corrected chi connectivity index (χ2v) is 8.72. The Morgan fingerprint density at radius 2 is 1.90 bits per heavy atom. The Kier molecular flexibility index (Phi) is 10.4. The summed E-state index contributed by atoms with van der Waals surface area (Å²) in [7, 11) is 1.83. The first-order valence-corrected chi connectivity index (χ1v) is 10.8. The van der Waals surface area contributed by atoms with E-state index in [1.165, 1.54) is 20.9 Å². The number of nitrogens with zero attached hydrogens (tertiary/aromatic N) is 2. The lowest BCUT2D eigenvalue weighted by molar-refractivity contribution is 0.0341. The standard InChI is InChI=1S/C22H32N4OS.HI/c1-17(14-21-9-8-18(2)28-21)25-22(23-3)24-15-19-6-4-5-7-20(19)16-26-10-12-27-13-11-26;/h4-9,17H,10-16H2,1-3H3,(H2,23,24,25);1H. The van der Waals surface area contributed by atoms with Crippen LogP contribution in [0.5, 0.6) is 0 Å². The third-order valence-electron chi connectivity index (χ3n) is 4.97. The molecule has 1 atom stereocenters. The summed E-state index contributed by atoms with van der Waals surface area (Å²) in [5, 5.41) is 7.00. The zero-order valence-electron chi connectivity index (χ0n) is 17.6. The van der Waals surface area contributed by atoms with Crippen LogP contribution in [0.1, 0.15) is 27.8 Å². The summed E-state index contributed by atoms with van der Waals surface area (Å²) in [6, 6.07) is 13.4. The third-order valence-corrected chi connectivity index (χ3v) is 6.00. The van der Waals surface area contributed by atoms with Crippen LogP contribution in [0.4, 0.5) is 0 Å². The van der Waals surface area contributed by atoms with Crippen molar-refractivity contribution in [3.63, 3.8) is 0 Å². The monoisotopic (exact) mass is 528 g/mol. The van der Waals surface area contributed by atoms with Crippen LogP contribution in [0, 0.1) is 6.92 Å². The highest BCUT2D eigenvalue weighted by Gasteiger charge is 2.13. The molecule has 3 rings (SSSR count). The molecule has 1 fully saturated rings. The molecule has 7 heteroatoms. The molecule has 5 nitrogen and oxygen atoms in total. The van der Waals surface area contributed by atoms with Crippen LogP contribution >= 0.6 is 35.3 Å². The van der Waals surface area contributed by atoms with E-state index in [1.807, 2.05) is 18.4 Å². The second kappa shape index (κ2) is 12.5. The normalized spacial score (nSPS) is 16.2. The van der Waals surface area contributed by atoms with Gasteiger partial charge in [-0.25, -0.2) is 0 Å². The number of halogens is 1. The third kappa shape index (κ3) is 7.88. The Morgan fingerprint density at radius 3 is 2.55 bits per heavy atom. The van der Waals surface area contributed by atoms with Gasteiger partial charge in [-0.15, -0.1) is 35.3 Å². The van der Waals surface area contributed by atoms with Gasteiger partial charge in [-0.2, -0.15) is 0 Å². The number of hydrogen-bond acceptors (Lipinski definition) is 4. The molecule has 1 aliphatic heterocycles. The van der Waals surface area contributed by atoms with E-state index in [9.17, 15) is 0 Å². The topological polar surface area (TPSA) is 48.9 Å². The van der Waals surface area contributed by atoms with Crippen molar-refractivity contribution >= 4 is 41.3 Å². The van der Waals surface area contributed by atoms with Gasteiger partial charge in [-0.1, -0.05) is 24.3 Å². The molecule has 2 aromatic rings. The molecular weight excluding hydrogens is 495 g/mol. The van der Waals surface area contributed by atoms with Crippen LogP contribution in [0.2, 0.25) is 0 Å². The van der Waals surface area contributed by atoms with Crippen LogP contribution in [-0.4, -0.2) is 50.3 Å². The molecule has 1 saturated heterocycles. The molecule has 0 bridgehead atoms. The molecule has 0 aliphatic carbocycles. The number of morpholine rings is 1. The lowest BCUT2D eigenvalue weighted by Gasteiger charge is -2.27. The summed E-state index contributed by atoms with van der Waals surface area (Å²) in [4.78, 5) is 9.63. The highest BCUT2D eigenvalue weighted by Crippen LogP contribution is 2.17. The van der Waals surface area contributed by atoms with E-state index in [1.54, 1.807) is 0 Å². The van der Waals surface area contributed by atoms with Gasteiger partial charge in [0.1, 0.15) is 0 Å². The Morgan fingerprint density at radius 1 is 1.17 bits per heavy atom. The number of aliphatic imine (C=N–C) groups is 1. The predicted molar refractivity (Wildman–Crippen MR) is 134 cm³/mol. The quantitative estimate of drug-likeness (QED) is 0.326. The maximum Gasteiger partial charge on any atom is 0.191 e. The summed E-state index contributed by atoms with van der Waals surface area (Å²) in [5.74, 6) is 0.849. The average Bonchev–Trinajstić information content (AvgIpc) is 3.11. The number of guanidine groups is 1. The van der Waals surface area contributed by atoms with Crippen molar-refractivity contribution in [3.05, 3.63) is 57.3 Å². The van der Waals surface area contributed by atoms with E-state index in [4.69, 9.17) is 4.74 Å². The Labute approximate surface area is 196 Å². The van der Waals surface area contributed by atoms with Crippen molar-refractivity contribution in [1.82, 2.24) is 15.5 Å². The number of nitrogens with one attached hydrogen (secondary N) is 2. The molecule has 0 saturated carbocycles. The molecular formula is C22H33IN4OS. The van der Waals surface area contributed by atoms with E-state index in [-0.39, 0.29) is 24.0 Å². The van der Waals surface area contributed by atoms with E-state index >= 15 is 0 Å². The van der Waals surface area contributed by atoms with Crippen molar-refractivity contribution < 1.29 is 4.74 Å². The van der Waals surface area contributed by atoms with Crippen LogP contribution in [0.25, 0.3) is 0 Å². The fourth-order valence-electron chi connectivity index (χ4n) is 3.44. The summed E-state index contributed by atoms with van der Waals surface area (Å²) in [6.45, 7) is 9.77. The average molecular weight is 529 g/mol. The van der Waals surface area contributed by atoms with E-state index in [0.717, 1.165) is 51.8 Å². The minimum Gasteiger partial charge on any atom is -0.379 e. The summed E-state index contributed by atoms with van der Waals surface area (Å²) in [6.07, 6.45) is 1.01. The van der Waals surface area contributed by atoms with Crippen molar-refractivity contribution in [2.75, 3.05) is 33.4 Å². The number of rotatable bonds is 7. The second-order valence-electron chi connectivity index (χ2n) is 7.34. The SMILES string of the molecule is CN=C(NCc1ccccc1CN1CCOCC1)NC(C)Cc1ccc(C)s1.I. The van der Waals surface area contributed by atoms with Crippen molar-refractivity contribution in [2.24, 2.45) is 4.99 Å². The molecule has 1 aromatic carbocycles. The van der Waals surface area contributed by atoms with Crippen LogP contribution in [0.15, 0.2) is 41.4 Å². The first-order valence-electron chi connectivity index (χ1n) is 10.0. The van der Waals surface area contributed by atoms with Gasteiger partial charge in [-0.3, -0.25) is 9.89 Å². The first kappa shape index (κ1) is 24.1. The Balaban J connectivity index is 0.00000300. The minimum atomic E-state index is 0. The number of benzene rings is 1. The zero-order valence-corrected chi connectivity index (χ0v) is 20.8. The maximum absolute atomic E-state index is 5.46. The molecule has 160 valence electrons. The zero-order chi connectivity index (χ0) is 19.8. The van der Waals surface area contributed by atoms with Gasteiger partial charge in [0.15, 0.2) is 5.96 Å². The molecule has 1 unspecified atom stereocenters. The van der Waals surface area contributed by atoms with E-state index < -0.39 is 0 Å². The van der Waals surface area contributed by atoms with Gasteiger partial charge in [0.05, 0.1) is 13.2 Å². The molecule has 2 heterocycles. The number of hydrogen-bond donors (Lipinski definition) is 2. The summed E-state index contributed by atoms with van der Waals surface area (Å²) >= 11 is 1.87. The maximum atomic E-state index is 5.46. The van der Waals surface area contributed by atoms with Crippen LogP contribution < -0.4 is 10.6 Å². The smallest absolute Gasteiger partial charge is 0.191 e. The summed E-state index contributed by atoms with van der Waals surface area (Å²) < 4.78 is 5.46. The molecule has 0 radical (unpaired) electrons. The molecule has 0 amide bonds. The van der Waals surface area contributed by atoms with Crippen LogP contribution in [0.3, 0.4) is 0 Å². The van der Waals surface area contributed by atoms with Crippen LogP contribution in [-0.2, 0) is 24.2 Å². The molecule has 2 N–H and O–H groups in total. The van der Waals surface area contributed by atoms with Crippen molar-refractivity contribution in [3.8, 4) is 0 Å². The highest BCUT2D eigenvalue weighted by atomic mass is 127. The van der Waals surface area contributed by atoms with Gasteiger partial charge in [0, 0.05) is 55.4 Å². The van der Waals surface area contributed by atoms with E-state index in [0.29, 0.717) is 6.04 Å². The molecule has 1 aliphatic rings. The molecule has 29 heavy (non-hydrogen) atoms. The lowest BCUT2D eigenvalue weighted by Crippen LogP contribution is -2.42. The minimum absolute atomic E-state index is 0. The number of aryl methyl sites for hydroxylation is 1.